The van der Waals surface area contributed by atoms with Gasteiger partial charge in [-0.1, -0.05) is 24.3 Å². The molecule has 8 heteroatoms. The van der Waals surface area contributed by atoms with E-state index in [1.54, 1.807) is 30.3 Å². The van der Waals surface area contributed by atoms with Crippen LogP contribution < -0.4 is 10.6 Å². The van der Waals surface area contributed by atoms with Crippen molar-refractivity contribution in [1.82, 2.24) is 5.32 Å². The summed E-state index contributed by atoms with van der Waals surface area (Å²) >= 11 is 0. The zero-order valence-electron chi connectivity index (χ0n) is 15.5. The van der Waals surface area contributed by atoms with Gasteiger partial charge in [0.25, 0.3) is 17.5 Å². The number of anilines is 1. The Kier molecular flexibility index (Phi) is 6.29. The van der Waals surface area contributed by atoms with Gasteiger partial charge in [-0.2, -0.15) is 0 Å². The summed E-state index contributed by atoms with van der Waals surface area (Å²) in [6.07, 6.45) is 1.37. The van der Waals surface area contributed by atoms with E-state index in [0.717, 1.165) is 6.07 Å². The molecular formula is C22H16FN3O4. The molecular weight excluding hydrogens is 389 g/mol. The molecule has 0 saturated heterocycles. The molecule has 30 heavy (non-hydrogen) atoms. The molecule has 0 unspecified atom stereocenters. The van der Waals surface area contributed by atoms with Crippen LogP contribution in [-0.2, 0) is 4.79 Å². The van der Waals surface area contributed by atoms with Gasteiger partial charge in [0.1, 0.15) is 11.5 Å². The first-order chi connectivity index (χ1) is 14.4. The molecule has 0 aliphatic rings. The van der Waals surface area contributed by atoms with Gasteiger partial charge < -0.3 is 10.6 Å². The number of halogens is 1. The predicted octanol–water partition coefficient (Wildman–Crippen LogP) is 4.14. The molecule has 3 rings (SSSR count). The zero-order valence-corrected chi connectivity index (χ0v) is 15.5. The topological polar surface area (TPSA) is 101 Å². The molecule has 150 valence electrons. The molecule has 0 aliphatic heterocycles. The summed E-state index contributed by atoms with van der Waals surface area (Å²) in [5, 5.41) is 15.9. The second-order valence-electron chi connectivity index (χ2n) is 6.19. The van der Waals surface area contributed by atoms with Crippen LogP contribution >= 0.6 is 0 Å². The van der Waals surface area contributed by atoms with Gasteiger partial charge in [0, 0.05) is 23.4 Å². The van der Waals surface area contributed by atoms with E-state index in [2.05, 4.69) is 10.6 Å². The molecule has 3 aromatic rings. The number of nitrogens with zero attached hydrogens (tertiary/aromatic N) is 1. The van der Waals surface area contributed by atoms with Crippen LogP contribution in [-0.4, -0.2) is 16.7 Å². The van der Waals surface area contributed by atoms with Gasteiger partial charge in [0.2, 0.25) is 0 Å². The highest BCUT2D eigenvalue weighted by Gasteiger charge is 2.15. The summed E-state index contributed by atoms with van der Waals surface area (Å²) in [5.41, 5.74) is 0.792. The van der Waals surface area contributed by atoms with E-state index in [-0.39, 0.29) is 17.1 Å². The number of nitro groups is 1. The lowest BCUT2D eigenvalue weighted by atomic mass is 10.1. The standard InChI is InChI=1S/C22H16FN3O4/c23-17-7-4-8-18(14-17)24-22(28)20(25-21(27)16-5-2-1-3-6-16)13-15-9-11-19(12-10-15)26(29)30/h1-14H,(H,24,28)(H,25,27). The number of non-ortho nitro benzene ring substituents is 1. The average molecular weight is 405 g/mol. The minimum absolute atomic E-state index is 0.105. The highest BCUT2D eigenvalue weighted by molar-refractivity contribution is 6.10. The molecule has 2 amide bonds. The summed E-state index contributed by atoms with van der Waals surface area (Å²) in [4.78, 5) is 35.5. The number of nitrogens with one attached hydrogen (secondary N) is 2. The SMILES string of the molecule is O=C(Nc1cccc(F)c1)C(=Cc1ccc([N+](=O)[O-])cc1)NC(=O)c1ccccc1. The van der Waals surface area contributed by atoms with Gasteiger partial charge in [-0.15, -0.1) is 0 Å². The van der Waals surface area contributed by atoms with E-state index in [4.69, 9.17) is 0 Å². The first-order valence-electron chi connectivity index (χ1n) is 8.82. The third kappa shape index (κ3) is 5.35. The third-order valence-electron chi connectivity index (χ3n) is 4.03. The Morgan fingerprint density at radius 2 is 1.63 bits per heavy atom. The van der Waals surface area contributed by atoms with Crippen LogP contribution in [0.25, 0.3) is 6.08 Å². The fourth-order valence-electron chi connectivity index (χ4n) is 2.57. The molecule has 0 radical (unpaired) electrons. The van der Waals surface area contributed by atoms with Crippen LogP contribution in [0, 0.1) is 15.9 Å². The molecule has 3 aromatic carbocycles. The van der Waals surface area contributed by atoms with Crippen LogP contribution in [0.2, 0.25) is 0 Å². The van der Waals surface area contributed by atoms with Crippen molar-refractivity contribution < 1.29 is 18.9 Å². The Morgan fingerprint density at radius 3 is 2.27 bits per heavy atom. The molecule has 0 bridgehead atoms. The van der Waals surface area contributed by atoms with E-state index in [1.807, 2.05) is 0 Å². The van der Waals surface area contributed by atoms with Gasteiger partial charge in [-0.05, 0) is 54.1 Å². The number of carbonyl (C=O) groups excluding carboxylic acids is 2. The highest BCUT2D eigenvalue weighted by Crippen LogP contribution is 2.16. The maximum Gasteiger partial charge on any atom is 0.272 e. The molecule has 0 fully saturated rings. The van der Waals surface area contributed by atoms with E-state index in [9.17, 15) is 24.1 Å². The lowest BCUT2D eigenvalue weighted by molar-refractivity contribution is -0.384. The molecule has 0 aliphatic carbocycles. The van der Waals surface area contributed by atoms with Crippen LogP contribution in [0.5, 0.6) is 0 Å². The number of amides is 2. The van der Waals surface area contributed by atoms with Crippen molar-refractivity contribution in [3.8, 4) is 0 Å². The Morgan fingerprint density at radius 1 is 0.933 bits per heavy atom. The van der Waals surface area contributed by atoms with E-state index in [1.165, 1.54) is 48.5 Å². The van der Waals surface area contributed by atoms with Crippen molar-refractivity contribution in [3.63, 3.8) is 0 Å². The third-order valence-corrected chi connectivity index (χ3v) is 4.03. The van der Waals surface area contributed by atoms with Crippen molar-refractivity contribution in [2.24, 2.45) is 0 Å². The normalized spacial score (nSPS) is 10.9. The first kappa shape index (κ1) is 20.4. The van der Waals surface area contributed by atoms with Crippen molar-refractivity contribution in [1.29, 1.82) is 0 Å². The van der Waals surface area contributed by atoms with Gasteiger partial charge in [-0.3, -0.25) is 19.7 Å². The number of benzene rings is 3. The van der Waals surface area contributed by atoms with Crippen LogP contribution in [0.4, 0.5) is 15.8 Å². The molecule has 0 aromatic heterocycles. The van der Waals surface area contributed by atoms with Gasteiger partial charge >= 0.3 is 0 Å². The quantitative estimate of drug-likeness (QED) is 0.365. The molecule has 0 atom stereocenters. The maximum absolute atomic E-state index is 13.4. The van der Waals surface area contributed by atoms with Crippen LogP contribution in [0.15, 0.2) is 84.6 Å². The van der Waals surface area contributed by atoms with E-state index >= 15 is 0 Å². The Hall–Kier alpha value is -4.33. The zero-order chi connectivity index (χ0) is 21.5. The number of nitro benzene ring substituents is 1. The predicted molar refractivity (Wildman–Crippen MR) is 110 cm³/mol. The second kappa shape index (κ2) is 9.24. The summed E-state index contributed by atoms with van der Waals surface area (Å²) in [6, 6.07) is 19.1. The smallest absolute Gasteiger partial charge is 0.272 e. The number of rotatable bonds is 6. The maximum atomic E-state index is 13.4. The number of carbonyl (C=O) groups is 2. The molecule has 0 heterocycles. The largest absolute Gasteiger partial charge is 0.321 e. The highest BCUT2D eigenvalue weighted by atomic mass is 19.1. The van der Waals surface area contributed by atoms with Crippen molar-refractivity contribution in [2.75, 3.05) is 5.32 Å². The number of hydrogen-bond donors (Lipinski definition) is 2. The fourth-order valence-corrected chi connectivity index (χ4v) is 2.57. The summed E-state index contributed by atoms with van der Waals surface area (Å²) in [7, 11) is 0. The van der Waals surface area contributed by atoms with Gasteiger partial charge in [0.15, 0.2) is 0 Å². The second-order valence-corrected chi connectivity index (χ2v) is 6.19. The van der Waals surface area contributed by atoms with Crippen molar-refractivity contribution in [3.05, 3.63) is 112 Å². The van der Waals surface area contributed by atoms with Crippen LogP contribution in [0.3, 0.4) is 0 Å². The monoisotopic (exact) mass is 405 g/mol. The fraction of sp³-hybridized carbons (Fsp3) is 0. The molecule has 2 N–H and O–H groups in total. The number of hydrogen-bond acceptors (Lipinski definition) is 4. The lowest BCUT2D eigenvalue weighted by Crippen LogP contribution is -2.30. The summed E-state index contributed by atoms with van der Waals surface area (Å²) in [6.45, 7) is 0. The van der Waals surface area contributed by atoms with Crippen molar-refractivity contribution in [2.45, 2.75) is 0 Å². The van der Waals surface area contributed by atoms with Crippen molar-refractivity contribution >= 4 is 29.3 Å². The Labute approximate surface area is 171 Å². The van der Waals surface area contributed by atoms with Crippen LogP contribution in [0.1, 0.15) is 15.9 Å². The summed E-state index contributed by atoms with van der Waals surface area (Å²) in [5.74, 6) is -1.72. The molecule has 0 spiro atoms. The first-order valence-corrected chi connectivity index (χ1v) is 8.82. The average Bonchev–Trinajstić information content (AvgIpc) is 2.74. The minimum atomic E-state index is -0.678. The lowest BCUT2D eigenvalue weighted by Gasteiger charge is -2.11. The van der Waals surface area contributed by atoms with Gasteiger partial charge in [-0.25, -0.2) is 4.39 Å². The Bertz CT molecular complexity index is 1110. The molecule has 0 saturated carbocycles. The molecule has 7 nitrogen and oxygen atoms in total. The van der Waals surface area contributed by atoms with E-state index in [0.29, 0.717) is 11.1 Å². The minimum Gasteiger partial charge on any atom is -0.321 e. The summed E-state index contributed by atoms with van der Waals surface area (Å²) < 4.78 is 13.4. The Balaban J connectivity index is 1.89. The van der Waals surface area contributed by atoms with E-state index < -0.39 is 22.6 Å². The van der Waals surface area contributed by atoms with Gasteiger partial charge in [0.05, 0.1) is 4.92 Å².